The van der Waals surface area contributed by atoms with E-state index in [0.29, 0.717) is 0 Å². The van der Waals surface area contributed by atoms with Crippen LogP contribution in [-0.4, -0.2) is 18.7 Å². The summed E-state index contributed by atoms with van der Waals surface area (Å²) in [5.41, 5.74) is 9.99. The summed E-state index contributed by atoms with van der Waals surface area (Å²) < 4.78 is 15.9. The molecule has 0 saturated heterocycles. The number of hydrogen-bond donors (Lipinski definition) is 0. The molecule has 0 N–H and O–H groups in total. The first kappa shape index (κ1) is 33.9. The number of benzene rings is 6. The van der Waals surface area contributed by atoms with E-state index < -0.39 is 0 Å². The zero-order valence-corrected chi connectivity index (χ0v) is 32.7. The van der Waals surface area contributed by atoms with Gasteiger partial charge in [0.25, 0.3) is 0 Å². The van der Waals surface area contributed by atoms with Crippen molar-refractivity contribution in [2.75, 3.05) is 0 Å². The first-order valence-corrected chi connectivity index (χ1v) is 18.1. The molecule has 264 valence electrons. The number of halogens is 1. The van der Waals surface area contributed by atoms with E-state index in [1.165, 1.54) is 21.7 Å². The van der Waals surface area contributed by atoms with Crippen LogP contribution in [0, 0.1) is 0 Å². The van der Waals surface area contributed by atoms with Crippen molar-refractivity contribution in [3.05, 3.63) is 164 Å². The van der Waals surface area contributed by atoms with Gasteiger partial charge in [0.2, 0.25) is 6.33 Å². The fourth-order valence-electron chi connectivity index (χ4n) is 7.97. The van der Waals surface area contributed by atoms with Gasteiger partial charge in [0.15, 0.2) is 11.0 Å². The Labute approximate surface area is 330 Å². The minimum absolute atomic E-state index is 0. The molecule has 54 heavy (non-hydrogen) atoms. The van der Waals surface area contributed by atoms with Gasteiger partial charge in [0.1, 0.15) is 23.0 Å². The second kappa shape index (κ2) is 12.9. The molecule has 0 unspecified atom stereocenters. The summed E-state index contributed by atoms with van der Waals surface area (Å²) in [6.45, 7) is 6.71. The van der Waals surface area contributed by atoms with Gasteiger partial charge >= 0.3 is 0 Å². The van der Waals surface area contributed by atoms with E-state index in [2.05, 4.69) is 198 Å². The maximum Gasteiger partial charge on any atom is 0.249 e. The van der Waals surface area contributed by atoms with Crippen LogP contribution in [-0.2, 0) is 12.5 Å². The Balaban J connectivity index is 0.00000384. The fourth-order valence-corrected chi connectivity index (χ4v) is 7.97. The molecule has 0 atom stereocenters. The molecule has 6 aromatic carbocycles. The molecule has 0 saturated carbocycles. The monoisotopic (exact) mass is 815 g/mol. The lowest BCUT2D eigenvalue weighted by Gasteiger charge is -2.20. The molecule has 0 amide bonds. The van der Waals surface area contributed by atoms with E-state index >= 15 is 0 Å². The molecule has 4 aromatic heterocycles. The minimum atomic E-state index is -0.00803. The lowest BCUT2D eigenvalue weighted by Crippen LogP contribution is -3.00. The Hall–Kier alpha value is -5.93. The third kappa shape index (κ3) is 5.45. The number of nitrogens with zero attached hydrogens (tertiary/aromatic N) is 5. The van der Waals surface area contributed by atoms with Gasteiger partial charge in [-0.05, 0) is 65.6 Å². The highest BCUT2D eigenvalue weighted by Crippen LogP contribution is 2.38. The molecule has 10 rings (SSSR count). The molecular formula is C47H38IN5O. The van der Waals surface area contributed by atoms with Crippen LogP contribution in [0.1, 0.15) is 26.3 Å². The Morgan fingerprint density at radius 1 is 0.537 bits per heavy atom. The van der Waals surface area contributed by atoms with Crippen molar-refractivity contribution in [2.24, 2.45) is 7.05 Å². The number of aromatic nitrogens is 5. The molecular weight excluding hydrogens is 777 g/mol. The Bertz CT molecular complexity index is 3000. The van der Waals surface area contributed by atoms with Gasteiger partial charge in [-0.1, -0.05) is 87.5 Å². The normalized spacial score (nSPS) is 11.9. The molecule has 7 heteroatoms. The van der Waals surface area contributed by atoms with Crippen LogP contribution in [0.15, 0.2) is 158 Å². The van der Waals surface area contributed by atoms with Crippen molar-refractivity contribution in [1.29, 1.82) is 0 Å². The summed E-state index contributed by atoms with van der Waals surface area (Å²) in [4.78, 5) is 4.89. The first-order valence-electron chi connectivity index (χ1n) is 18.1. The van der Waals surface area contributed by atoms with Crippen LogP contribution in [0.4, 0.5) is 0 Å². The van der Waals surface area contributed by atoms with Crippen LogP contribution >= 0.6 is 0 Å². The fraction of sp³-hybridized carbons (Fsp3) is 0.106. The molecule has 0 aliphatic rings. The van der Waals surface area contributed by atoms with Crippen molar-refractivity contribution in [3.63, 3.8) is 0 Å². The van der Waals surface area contributed by atoms with E-state index in [9.17, 15) is 0 Å². The van der Waals surface area contributed by atoms with E-state index in [4.69, 9.17) is 9.72 Å². The van der Waals surface area contributed by atoms with Crippen molar-refractivity contribution in [1.82, 2.24) is 18.7 Å². The summed E-state index contributed by atoms with van der Waals surface area (Å²) in [6, 6.07) is 51.6. The van der Waals surface area contributed by atoms with E-state index in [-0.39, 0.29) is 29.4 Å². The van der Waals surface area contributed by atoms with Gasteiger partial charge in [-0.25, -0.2) is 9.55 Å². The van der Waals surface area contributed by atoms with Crippen molar-refractivity contribution < 1.29 is 33.3 Å². The Kier molecular flexibility index (Phi) is 8.08. The molecule has 0 aliphatic heterocycles. The number of pyridine rings is 1. The smallest absolute Gasteiger partial charge is 0.249 e. The molecule has 4 heterocycles. The van der Waals surface area contributed by atoms with Crippen molar-refractivity contribution >= 4 is 54.6 Å². The van der Waals surface area contributed by atoms with Gasteiger partial charge < -0.3 is 33.3 Å². The maximum absolute atomic E-state index is 6.93. The molecule has 0 radical (unpaired) electrons. The predicted molar refractivity (Wildman–Crippen MR) is 216 cm³/mol. The molecule has 0 spiro atoms. The zero-order valence-electron chi connectivity index (χ0n) is 30.5. The second-order valence-corrected chi connectivity index (χ2v) is 14.9. The predicted octanol–water partition coefficient (Wildman–Crippen LogP) is 8.14. The highest BCUT2D eigenvalue weighted by molar-refractivity contribution is 6.10. The topological polar surface area (TPSA) is 40.8 Å². The molecule has 0 bridgehead atoms. The summed E-state index contributed by atoms with van der Waals surface area (Å²) in [5.74, 6) is 2.39. The van der Waals surface area contributed by atoms with Gasteiger partial charge in [-0.15, -0.1) is 0 Å². The number of hydrogen-bond acceptors (Lipinski definition) is 2. The largest absolute Gasteiger partial charge is 1.00 e. The minimum Gasteiger partial charge on any atom is -1.00 e. The lowest BCUT2D eigenvalue weighted by molar-refractivity contribution is -0.645. The zero-order chi connectivity index (χ0) is 35.8. The first-order chi connectivity index (χ1) is 25.8. The summed E-state index contributed by atoms with van der Waals surface area (Å²) in [6.07, 6.45) is 4.06. The van der Waals surface area contributed by atoms with Crippen molar-refractivity contribution in [2.45, 2.75) is 26.2 Å². The number of para-hydroxylation sites is 5. The average molecular weight is 816 g/mol. The van der Waals surface area contributed by atoms with E-state index in [0.717, 1.165) is 67.2 Å². The number of rotatable bonds is 5. The molecule has 0 fully saturated rings. The number of ether oxygens (including phenoxy) is 1. The summed E-state index contributed by atoms with van der Waals surface area (Å²) >= 11 is 0. The molecule has 10 aromatic rings. The van der Waals surface area contributed by atoms with Crippen LogP contribution in [0.3, 0.4) is 0 Å². The van der Waals surface area contributed by atoms with Gasteiger partial charge in [0, 0.05) is 52.0 Å². The standard InChI is InChI=1S/C47H38N5O.HI/c1-47(2,3)31-23-24-48-46(25-31)52-42-18-10-7-15-38(42)39-22-21-34(29-45(39)52)53-35-27-32(50-30-49(4)43-19-11-12-20-44(43)50)26-33(28-35)51-40-16-8-5-13-36(40)37-14-6-9-17-41(37)51;/h5-30H,1-4H3;1H/q+1;/p-1. The van der Waals surface area contributed by atoms with E-state index in [1.54, 1.807) is 0 Å². The van der Waals surface area contributed by atoms with Gasteiger partial charge in [-0.2, -0.15) is 4.57 Å². The second-order valence-electron chi connectivity index (χ2n) is 14.9. The van der Waals surface area contributed by atoms with Crippen LogP contribution in [0.25, 0.3) is 71.8 Å². The maximum atomic E-state index is 6.93. The van der Waals surface area contributed by atoms with Crippen LogP contribution < -0.4 is 33.3 Å². The van der Waals surface area contributed by atoms with Gasteiger partial charge in [-0.3, -0.25) is 4.57 Å². The number of aryl methyl sites for hydroxylation is 1. The molecule has 0 aliphatic carbocycles. The third-order valence-corrected chi connectivity index (χ3v) is 10.5. The quantitative estimate of drug-likeness (QED) is 0.130. The highest BCUT2D eigenvalue weighted by Gasteiger charge is 2.21. The SMILES string of the molecule is C[n+]1cn(-c2cc(Oc3ccc4c5ccccc5n(-c5cc(C(C)(C)C)ccn5)c4c3)cc(-n3c4ccccc4c4ccccc43)c2)c2ccccc21.[I-]. The van der Waals surface area contributed by atoms with E-state index in [1.807, 2.05) is 6.20 Å². The summed E-state index contributed by atoms with van der Waals surface area (Å²) in [5, 5.41) is 4.77. The number of fused-ring (bicyclic) bond motifs is 7. The number of imidazole rings is 1. The average Bonchev–Trinajstić information content (AvgIpc) is 3.81. The van der Waals surface area contributed by atoms with Crippen LogP contribution in [0.2, 0.25) is 0 Å². The van der Waals surface area contributed by atoms with Gasteiger partial charge in [0.05, 0.1) is 34.8 Å². The Morgan fingerprint density at radius 2 is 1.11 bits per heavy atom. The summed E-state index contributed by atoms with van der Waals surface area (Å²) in [7, 11) is 2.09. The third-order valence-electron chi connectivity index (χ3n) is 10.5. The lowest BCUT2D eigenvalue weighted by atomic mass is 9.88. The van der Waals surface area contributed by atoms with Crippen LogP contribution in [0.5, 0.6) is 11.5 Å². The van der Waals surface area contributed by atoms with Crippen molar-refractivity contribution in [3.8, 4) is 28.7 Å². The Morgan fingerprint density at radius 3 is 1.78 bits per heavy atom. The highest BCUT2D eigenvalue weighted by atomic mass is 127. The molecule has 6 nitrogen and oxygen atoms in total.